The molecule has 1 saturated heterocycles. The van der Waals surface area contributed by atoms with Crippen LogP contribution in [0.4, 0.5) is 0 Å². The maximum absolute atomic E-state index is 12.3. The molecule has 0 saturated carbocycles. The fourth-order valence-corrected chi connectivity index (χ4v) is 2.88. The maximum Gasteiger partial charge on any atom is 0.251 e. The summed E-state index contributed by atoms with van der Waals surface area (Å²) in [6.45, 7) is 3.30. The minimum Gasteiger partial charge on any atom is -0.341 e. The van der Waals surface area contributed by atoms with Crippen LogP contribution in [0.5, 0.6) is 0 Å². The highest BCUT2D eigenvalue weighted by atomic mass is 127. The first-order valence-corrected chi connectivity index (χ1v) is 8.49. The molecule has 1 atom stereocenters. The van der Waals surface area contributed by atoms with E-state index in [0.717, 1.165) is 29.5 Å². The molecule has 1 aliphatic heterocycles. The van der Waals surface area contributed by atoms with Crippen LogP contribution in [0.1, 0.15) is 36.5 Å². The molecule has 0 aromatic heterocycles. The van der Waals surface area contributed by atoms with Gasteiger partial charge in [-0.25, -0.2) is 0 Å². The molecule has 1 aromatic rings. The van der Waals surface area contributed by atoms with Crippen molar-refractivity contribution in [2.45, 2.75) is 32.2 Å². The van der Waals surface area contributed by atoms with Gasteiger partial charge in [0.1, 0.15) is 6.04 Å². The van der Waals surface area contributed by atoms with Crippen LogP contribution < -0.4 is 5.32 Å². The Labute approximate surface area is 143 Å². The predicted molar refractivity (Wildman–Crippen MR) is 91.5 cm³/mol. The zero-order chi connectivity index (χ0) is 15.4. The maximum atomic E-state index is 12.3. The van der Waals surface area contributed by atoms with Crippen LogP contribution >= 0.6 is 34.2 Å². The van der Waals surface area contributed by atoms with Gasteiger partial charge in [0.25, 0.3) is 5.91 Å². The molecule has 0 aliphatic carbocycles. The Hall–Kier alpha value is -0.820. The number of halogens is 2. The molecule has 0 radical (unpaired) electrons. The number of likely N-dealkylation sites (tertiary alicyclic amines) is 1. The van der Waals surface area contributed by atoms with Crippen molar-refractivity contribution >= 4 is 46.0 Å². The first-order valence-electron chi connectivity index (χ1n) is 7.04. The highest BCUT2D eigenvalue weighted by molar-refractivity contribution is 14.1. The summed E-state index contributed by atoms with van der Waals surface area (Å²) in [5, 5.41) is 3.29. The molecule has 1 aliphatic rings. The van der Waals surface area contributed by atoms with Gasteiger partial charge in [-0.05, 0) is 67.0 Å². The molecule has 1 aromatic carbocycles. The van der Waals surface area contributed by atoms with Crippen molar-refractivity contribution in [3.05, 3.63) is 32.4 Å². The lowest BCUT2D eigenvalue weighted by Crippen LogP contribution is -2.48. The fraction of sp³-hybridized carbons (Fsp3) is 0.467. The Balaban J connectivity index is 1.97. The van der Waals surface area contributed by atoms with Crippen LogP contribution in [-0.4, -0.2) is 35.8 Å². The molecule has 114 valence electrons. The van der Waals surface area contributed by atoms with Crippen molar-refractivity contribution in [3.63, 3.8) is 0 Å². The lowest BCUT2D eigenvalue weighted by Gasteiger charge is -2.29. The van der Waals surface area contributed by atoms with Gasteiger partial charge < -0.3 is 10.2 Å². The Morgan fingerprint density at radius 2 is 1.95 bits per heavy atom. The van der Waals surface area contributed by atoms with Crippen molar-refractivity contribution in [3.8, 4) is 0 Å². The molecule has 0 spiro atoms. The Bertz CT molecular complexity index is 544. The Morgan fingerprint density at radius 3 is 2.57 bits per heavy atom. The Morgan fingerprint density at radius 1 is 1.29 bits per heavy atom. The van der Waals surface area contributed by atoms with E-state index in [2.05, 4.69) is 27.9 Å². The van der Waals surface area contributed by atoms with Crippen LogP contribution in [0.25, 0.3) is 0 Å². The Kier molecular flexibility index (Phi) is 5.87. The van der Waals surface area contributed by atoms with E-state index >= 15 is 0 Å². The lowest BCUT2D eigenvalue weighted by molar-refractivity contribution is -0.133. The normalized spacial score (nSPS) is 16.4. The molecule has 2 rings (SSSR count). The summed E-state index contributed by atoms with van der Waals surface area (Å²) in [5.74, 6) is -0.286. The predicted octanol–water partition coefficient (Wildman–Crippen LogP) is 3.08. The zero-order valence-electron chi connectivity index (χ0n) is 11.9. The zero-order valence-corrected chi connectivity index (χ0v) is 14.8. The molecule has 1 unspecified atom stereocenters. The summed E-state index contributed by atoms with van der Waals surface area (Å²) in [6, 6.07) is 4.60. The van der Waals surface area contributed by atoms with Crippen LogP contribution in [0.3, 0.4) is 0 Å². The number of nitrogens with one attached hydrogen (secondary N) is 1. The highest BCUT2D eigenvalue weighted by Gasteiger charge is 2.23. The van der Waals surface area contributed by atoms with Crippen molar-refractivity contribution in [2.24, 2.45) is 0 Å². The fourth-order valence-electron chi connectivity index (χ4n) is 2.37. The molecular weight excluding hydrogens is 403 g/mol. The third-order valence-corrected chi connectivity index (χ3v) is 5.14. The van der Waals surface area contributed by atoms with Gasteiger partial charge in [0.15, 0.2) is 0 Å². The largest absolute Gasteiger partial charge is 0.341 e. The average Bonchev–Trinajstić information content (AvgIpc) is 2.50. The number of rotatable bonds is 3. The third-order valence-electron chi connectivity index (χ3n) is 3.57. The second-order valence-electron chi connectivity index (χ2n) is 5.21. The molecule has 1 fully saturated rings. The number of hydrogen-bond acceptors (Lipinski definition) is 2. The lowest BCUT2D eigenvalue weighted by atomic mass is 10.1. The molecule has 1 heterocycles. The van der Waals surface area contributed by atoms with Crippen molar-refractivity contribution < 1.29 is 9.59 Å². The summed E-state index contributed by atoms with van der Waals surface area (Å²) >= 11 is 8.12. The second-order valence-corrected chi connectivity index (χ2v) is 6.78. The van der Waals surface area contributed by atoms with Gasteiger partial charge in [-0.1, -0.05) is 11.6 Å². The van der Waals surface area contributed by atoms with Crippen molar-refractivity contribution in [1.82, 2.24) is 10.2 Å². The topological polar surface area (TPSA) is 49.4 Å². The number of hydrogen-bond donors (Lipinski definition) is 1. The minimum absolute atomic E-state index is 0.0142. The number of carbonyl (C=O) groups excluding carboxylic acids is 2. The summed E-state index contributed by atoms with van der Waals surface area (Å²) < 4.78 is 0.892. The quantitative estimate of drug-likeness (QED) is 0.764. The van der Waals surface area contributed by atoms with Crippen LogP contribution in [-0.2, 0) is 4.79 Å². The summed E-state index contributed by atoms with van der Waals surface area (Å²) in [4.78, 5) is 26.3. The molecule has 4 nitrogen and oxygen atoms in total. The monoisotopic (exact) mass is 420 g/mol. The molecule has 6 heteroatoms. The van der Waals surface area contributed by atoms with Crippen LogP contribution in [0, 0.1) is 3.57 Å². The standard InChI is InChI=1S/C15H18ClIN2O2/c1-10(15(21)19-7-3-2-4-8-19)18-14(20)11-5-6-13(17)12(16)9-11/h5-6,9-10H,2-4,7-8H2,1H3,(H,18,20). The minimum atomic E-state index is -0.520. The van der Waals surface area contributed by atoms with E-state index in [1.54, 1.807) is 25.1 Å². The number of carbonyl (C=O) groups is 2. The number of benzene rings is 1. The molecule has 0 bridgehead atoms. The van der Waals surface area contributed by atoms with Gasteiger partial charge in [-0.3, -0.25) is 9.59 Å². The third kappa shape index (κ3) is 4.32. The summed E-state index contributed by atoms with van der Waals surface area (Å²) in [5.41, 5.74) is 0.471. The number of amides is 2. The van der Waals surface area contributed by atoms with Crippen molar-refractivity contribution in [1.29, 1.82) is 0 Å². The van der Waals surface area contributed by atoms with Gasteiger partial charge in [0.2, 0.25) is 5.91 Å². The van der Waals surface area contributed by atoms with Gasteiger partial charge in [0, 0.05) is 22.2 Å². The number of piperidine rings is 1. The first-order chi connectivity index (χ1) is 9.99. The van der Waals surface area contributed by atoms with Crippen LogP contribution in [0.15, 0.2) is 18.2 Å². The van der Waals surface area contributed by atoms with Gasteiger partial charge in [0.05, 0.1) is 5.02 Å². The highest BCUT2D eigenvalue weighted by Crippen LogP contribution is 2.19. The van der Waals surface area contributed by atoms with Crippen LogP contribution in [0.2, 0.25) is 5.02 Å². The number of nitrogens with zero attached hydrogens (tertiary/aromatic N) is 1. The second kappa shape index (κ2) is 7.45. The van der Waals surface area contributed by atoms with E-state index in [4.69, 9.17) is 11.6 Å². The van der Waals surface area contributed by atoms with E-state index in [-0.39, 0.29) is 11.8 Å². The smallest absolute Gasteiger partial charge is 0.251 e. The SMILES string of the molecule is CC(NC(=O)c1ccc(I)c(Cl)c1)C(=O)N1CCCCC1. The van der Waals surface area contributed by atoms with E-state index in [9.17, 15) is 9.59 Å². The molecule has 1 N–H and O–H groups in total. The molecular formula is C15H18ClIN2O2. The molecule has 2 amide bonds. The summed E-state index contributed by atoms with van der Waals surface area (Å²) in [7, 11) is 0. The van der Waals surface area contributed by atoms with Gasteiger partial charge in [-0.2, -0.15) is 0 Å². The van der Waals surface area contributed by atoms with Gasteiger partial charge in [-0.15, -0.1) is 0 Å². The van der Waals surface area contributed by atoms with Crippen molar-refractivity contribution in [2.75, 3.05) is 13.1 Å². The first kappa shape index (κ1) is 16.5. The average molecular weight is 421 g/mol. The van der Waals surface area contributed by atoms with Gasteiger partial charge >= 0.3 is 0 Å². The van der Waals surface area contributed by atoms with E-state index in [0.29, 0.717) is 10.6 Å². The summed E-state index contributed by atoms with van der Waals surface area (Å²) in [6.07, 6.45) is 3.25. The van der Waals surface area contributed by atoms with E-state index in [1.165, 1.54) is 6.42 Å². The molecule has 21 heavy (non-hydrogen) atoms. The van der Waals surface area contributed by atoms with E-state index in [1.807, 2.05) is 4.90 Å². The van der Waals surface area contributed by atoms with E-state index < -0.39 is 6.04 Å².